The lowest BCUT2D eigenvalue weighted by Crippen LogP contribution is -2.12. The third-order valence-corrected chi connectivity index (χ3v) is 3.79. The van der Waals surface area contributed by atoms with Crippen molar-refractivity contribution in [1.29, 1.82) is 0 Å². The quantitative estimate of drug-likeness (QED) is 0.691. The van der Waals surface area contributed by atoms with E-state index in [-0.39, 0.29) is 16.3 Å². The molecule has 1 amide bonds. The molecule has 0 saturated heterocycles. The highest BCUT2D eigenvalue weighted by Gasteiger charge is 2.20. The summed E-state index contributed by atoms with van der Waals surface area (Å²) in [5.41, 5.74) is -0.292. The van der Waals surface area contributed by atoms with Gasteiger partial charge in [0.1, 0.15) is 10.0 Å². The molecule has 0 atom stereocenters. The van der Waals surface area contributed by atoms with Crippen LogP contribution < -0.4 is 5.32 Å². The number of rotatable bonds is 4. The topological polar surface area (TPSA) is 98.0 Å². The average molecular weight is 313 g/mol. The van der Waals surface area contributed by atoms with E-state index in [1.807, 2.05) is 6.92 Å². The molecule has 1 N–H and O–H groups in total. The van der Waals surface area contributed by atoms with Crippen LogP contribution in [0.5, 0.6) is 0 Å². The molecule has 104 valence electrons. The van der Waals surface area contributed by atoms with Crippen LogP contribution in [0.15, 0.2) is 18.2 Å². The second-order valence-corrected chi connectivity index (χ2v) is 5.14. The minimum Gasteiger partial charge on any atom is -0.296 e. The zero-order valence-electron chi connectivity index (χ0n) is 10.3. The maximum absolute atomic E-state index is 12.0. The van der Waals surface area contributed by atoms with Gasteiger partial charge in [-0.15, -0.1) is 10.2 Å². The van der Waals surface area contributed by atoms with Crippen LogP contribution in [0.1, 0.15) is 22.3 Å². The molecule has 0 fully saturated rings. The highest BCUT2D eigenvalue weighted by molar-refractivity contribution is 7.15. The molecule has 7 nitrogen and oxygen atoms in total. The summed E-state index contributed by atoms with van der Waals surface area (Å²) in [5.74, 6) is -0.558. The summed E-state index contributed by atoms with van der Waals surface area (Å²) in [7, 11) is 0. The first-order valence-electron chi connectivity index (χ1n) is 5.59. The molecular formula is C11H9ClN4O3S. The fraction of sp³-hybridized carbons (Fsp3) is 0.182. The third-order valence-electron chi connectivity index (χ3n) is 2.41. The molecule has 0 saturated carbocycles. The number of hydrogen-bond donors (Lipinski definition) is 1. The number of carbonyl (C=O) groups is 1. The Labute approximate surface area is 122 Å². The Morgan fingerprint density at radius 2 is 2.25 bits per heavy atom. The molecule has 2 aromatic rings. The predicted octanol–water partition coefficient (Wildman–Crippen LogP) is 2.91. The summed E-state index contributed by atoms with van der Waals surface area (Å²) in [6.45, 7) is 1.92. The van der Waals surface area contributed by atoms with Gasteiger partial charge in [-0.3, -0.25) is 20.2 Å². The highest BCUT2D eigenvalue weighted by Crippen LogP contribution is 2.28. The van der Waals surface area contributed by atoms with E-state index in [9.17, 15) is 14.9 Å². The van der Waals surface area contributed by atoms with Crippen molar-refractivity contribution in [3.63, 3.8) is 0 Å². The number of aromatic nitrogens is 2. The molecule has 2 rings (SSSR count). The lowest BCUT2D eigenvalue weighted by molar-refractivity contribution is -0.384. The second-order valence-electron chi connectivity index (χ2n) is 3.70. The van der Waals surface area contributed by atoms with E-state index in [1.165, 1.54) is 29.5 Å². The van der Waals surface area contributed by atoms with Gasteiger partial charge in [0.05, 0.1) is 10.5 Å². The van der Waals surface area contributed by atoms with Crippen molar-refractivity contribution in [3.05, 3.63) is 43.9 Å². The number of anilines is 1. The summed E-state index contributed by atoms with van der Waals surface area (Å²) in [6.07, 6.45) is 0.713. The molecule has 0 radical (unpaired) electrons. The molecule has 9 heteroatoms. The molecule has 0 bridgehead atoms. The zero-order chi connectivity index (χ0) is 14.7. The Bertz CT molecular complexity index is 673. The zero-order valence-corrected chi connectivity index (χ0v) is 11.9. The Morgan fingerprint density at radius 3 is 2.85 bits per heavy atom. The molecule has 1 heterocycles. The normalized spacial score (nSPS) is 10.3. The second kappa shape index (κ2) is 5.93. The number of halogens is 1. The van der Waals surface area contributed by atoms with Crippen molar-refractivity contribution in [2.45, 2.75) is 13.3 Å². The van der Waals surface area contributed by atoms with Gasteiger partial charge in [0.2, 0.25) is 5.13 Å². The van der Waals surface area contributed by atoms with Crippen LogP contribution in [0.2, 0.25) is 5.02 Å². The number of hydrogen-bond acceptors (Lipinski definition) is 6. The molecule has 20 heavy (non-hydrogen) atoms. The molecule has 0 aliphatic carbocycles. The van der Waals surface area contributed by atoms with Gasteiger partial charge in [-0.25, -0.2) is 0 Å². The van der Waals surface area contributed by atoms with E-state index in [2.05, 4.69) is 15.5 Å². The molecule has 0 aliphatic rings. The van der Waals surface area contributed by atoms with Crippen molar-refractivity contribution >= 4 is 39.7 Å². The van der Waals surface area contributed by atoms with Crippen LogP contribution in [0.4, 0.5) is 10.8 Å². The van der Waals surface area contributed by atoms with Crippen molar-refractivity contribution in [3.8, 4) is 0 Å². The Kier molecular flexibility index (Phi) is 4.26. The van der Waals surface area contributed by atoms with Crippen LogP contribution in [-0.2, 0) is 6.42 Å². The largest absolute Gasteiger partial charge is 0.296 e. The van der Waals surface area contributed by atoms with Gasteiger partial charge in [0, 0.05) is 6.07 Å². The van der Waals surface area contributed by atoms with Gasteiger partial charge in [0.25, 0.3) is 11.6 Å². The van der Waals surface area contributed by atoms with Gasteiger partial charge < -0.3 is 0 Å². The van der Waals surface area contributed by atoms with Gasteiger partial charge in [-0.1, -0.05) is 35.9 Å². The van der Waals surface area contributed by atoms with E-state index in [4.69, 9.17) is 11.6 Å². The number of aryl methyl sites for hydroxylation is 1. The molecule has 0 aliphatic heterocycles. The third kappa shape index (κ3) is 2.91. The first kappa shape index (κ1) is 14.4. The smallest absolute Gasteiger partial charge is 0.288 e. The maximum atomic E-state index is 12.0. The summed E-state index contributed by atoms with van der Waals surface area (Å²) < 4.78 is 0. The number of nitro benzene ring substituents is 1. The standard InChI is InChI=1S/C11H9ClN4O3S/c1-2-8-14-15-11(20-8)13-10(17)6-4-3-5-7(9(6)12)16(18)19/h3-5H,2H2,1H3,(H,13,15,17). The molecular weight excluding hydrogens is 304 g/mol. The van der Waals surface area contributed by atoms with E-state index >= 15 is 0 Å². The number of carbonyl (C=O) groups excluding carboxylic acids is 1. The van der Waals surface area contributed by atoms with Crippen molar-refractivity contribution in [2.24, 2.45) is 0 Å². The Morgan fingerprint density at radius 1 is 1.50 bits per heavy atom. The highest BCUT2D eigenvalue weighted by atomic mass is 35.5. The van der Waals surface area contributed by atoms with Crippen molar-refractivity contribution in [1.82, 2.24) is 10.2 Å². The van der Waals surface area contributed by atoms with Crippen LogP contribution in [0, 0.1) is 10.1 Å². The van der Waals surface area contributed by atoms with Crippen LogP contribution in [-0.4, -0.2) is 21.0 Å². The van der Waals surface area contributed by atoms with Gasteiger partial charge in [0.15, 0.2) is 0 Å². The minimum absolute atomic E-state index is 0.0223. The van der Waals surface area contributed by atoms with Crippen molar-refractivity contribution < 1.29 is 9.72 Å². The Balaban J connectivity index is 2.25. The van der Waals surface area contributed by atoms with Crippen LogP contribution in [0.25, 0.3) is 0 Å². The predicted molar refractivity (Wildman–Crippen MR) is 75.3 cm³/mol. The van der Waals surface area contributed by atoms with E-state index in [0.717, 1.165) is 5.01 Å². The monoisotopic (exact) mass is 312 g/mol. The summed E-state index contributed by atoms with van der Waals surface area (Å²) in [5, 5.41) is 21.9. The SMILES string of the molecule is CCc1nnc(NC(=O)c2cccc([N+](=O)[O-])c2Cl)s1. The van der Waals surface area contributed by atoms with E-state index in [0.29, 0.717) is 11.6 Å². The average Bonchev–Trinajstić information content (AvgIpc) is 2.86. The van der Waals surface area contributed by atoms with Gasteiger partial charge >= 0.3 is 0 Å². The first-order valence-corrected chi connectivity index (χ1v) is 6.79. The van der Waals surface area contributed by atoms with Gasteiger partial charge in [-0.2, -0.15) is 0 Å². The summed E-state index contributed by atoms with van der Waals surface area (Å²) in [6, 6.07) is 4.04. The lowest BCUT2D eigenvalue weighted by atomic mass is 10.2. The van der Waals surface area contributed by atoms with Crippen LogP contribution >= 0.6 is 22.9 Å². The van der Waals surface area contributed by atoms with Crippen LogP contribution in [0.3, 0.4) is 0 Å². The van der Waals surface area contributed by atoms with Crippen molar-refractivity contribution in [2.75, 3.05) is 5.32 Å². The Hall–Kier alpha value is -2.06. The fourth-order valence-electron chi connectivity index (χ4n) is 1.45. The maximum Gasteiger partial charge on any atom is 0.288 e. The summed E-state index contributed by atoms with van der Waals surface area (Å²) in [4.78, 5) is 22.2. The molecule has 0 spiro atoms. The minimum atomic E-state index is -0.640. The first-order chi connectivity index (χ1) is 9.52. The van der Waals surface area contributed by atoms with E-state index < -0.39 is 10.8 Å². The molecule has 0 unspecified atom stereocenters. The number of amides is 1. The molecule has 1 aromatic carbocycles. The number of nitro groups is 1. The lowest BCUT2D eigenvalue weighted by Gasteiger charge is -2.03. The van der Waals surface area contributed by atoms with E-state index in [1.54, 1.807) is 0 Å². The molecule has 1 aromatic heterocycles. The number of nitrogens with zero attached hydrogens (tertiary/aromatic N) is 3. The number of nitrogens with one attached hydrogen (secondary N) is 1. The fourth-order valence-corrected chi connectivity index (χ4v) is 2.40. The number of benzene rings is 1. The summed E-state index contributed by atoms with van der Waals surface area (Å²) >= 11 is 7.10. The van der Waals surface area contributed by atoms with Gasteiger partial charge in [-0.05, 0) is 12.5 Å².